The van der Waals surface area contributed by atoms with Crippen molar-refractivity contribution in [1.82, 2.24) is 5.43 Å². The first-order valence-corrected chi connectivity index (χ1v) is 9.59. The fourth-order valence-corrected chi connectivity index (χ4v) is 3.83. The largest absolute Gasteiger partial charge is 0.483 e. The fourth-order valence-electron chi connectivity index (χ4n) is 3.83. The number of nitrogens with one attached hydrogen (secondary N) is 2. The van der Waals surface area contributed by atoms with E-state index < -0.39 is 0 Å². The molecule has 0 spiro atoms. The number of hydrogen-bond acceptors (Lipinski definition) is 5. The van der Waals surface area contributed by atoms with Gasteiger partial charge in [-0.1, -0.05) is 12.1 Å². The zero-order valence-electron chi connectivity index (χ0n) is 15.5. The van der Waals surface area contributed by atoms with Gasteiger partial charge in [0.2, 0.25) is 0 Å². The van der Waals surface area contributed by atoms with Crippen LogP contribution < -0.4 is 20.4 Å². The topological polar surface area (TPSA) is 66.0 Å². The lowest BCUT2D eigenvalue weighted by atomic mass is 9.92. The Balaban J connectivity index is 1.63. The molecule has 1 aliphatic carbocycles. The van der Waals surface area contributed by atoms with Crippen molar-refractivity contribution in [3.8, 4) is 16.9 Å². The summed E-state index contributed by atoms with van der Waals surface area (Å²) < 4.78 is 19.4. The van der Waals surface area contributed by atoms with E-state index in [2.05, 4.69) is 15.8 Å². The third kappa shape index (κ3) is 2.78. The number of ether oxygens (including phenoxy) is 1. The molecule has 3 aliphatic rings. The summed E-state index contributed by atoms with van der Waals surface area (Å²) in [5, 5.41) is 7.76. The Morgan fingerprint density at radius 3 is 2.75 bits per heavy atom. The van der Waals surface area contributed by atoms with E-state index in [1.54, 1.807) is 12.1 Å². The van der Waals surface area contributed by atoms with Crippen LogP contribution in [0.15, 0.2) is 41.5 Å². The first kappa shape index (κ1) is 17.0. The van der Waals surface area contributed by atoms with Crippen LogP contribution in [-0.2, 0) is 4.79 Å². The van der Waals surface area contributed by atoms with Gasteiger partial charge in [0, 0.05) is 17.3 Å². The van der Waals surface area contributed by atoms with Gasteiger partial charge in [-0.15, -0.1) is 0 Å². The Labute approximate surface area is 162 Å². The Kier molecular flexibility index (Phi) is 3.96. The lowest BCUT2D eigenvalue weighted by molar-refractivity contribution is -0.122. The lowest BCUT2D eigenvalue weighted by Gasteiger charge is -2.39. The van der Waals surface area contributed by atoms with Crippen molar-refractivity contribution in [1.29, 1.82) is 0 Å². The molecule has 2 aliphatic heterocycles. The highest BCUT2D eigenvalue weighted by Gasteiger charge is 2.36. The molecule has 1 fully saturated rings. The summed E-state index contributed by atoms with van der Waals surface area (Å²) in [6.45, 7) is 2.14. The number of hydrogen-bond donors (Lipinski definition) is 2. The SMILES string of the molecule is C[C@@H]1C(=O)NN=C2COc3cc(-c4ccc(F)cc4)c(NC4CCC4)cc3N21. The molecule has 6 nitrogen and oxygen atoms in total. The van der Waals surface area contributed by atoms with Gasteiger partial charge in [-0.3, -0.25) is 4.79 Å². The standard InChI is InChI=1S/C21H21FN4O2/c1-12-21(27)25-24-20-11-28-19-9-16(13-5-7-14(22)8-6-13)17(10-18(19)26(12)20)23-15-3-2-4-15/h5-10,12,15,23H,2-4,11H2,1H3,(H,25,27)/t12-/m1/s1. The molecule has 1 saturated carbocycles. The van der Waals surface area contributed by atoms with Crippen molar-refractivity contribution in [2.45, 2.75) is 38.3 Å². The highest BCUT2D eigenvalue weighted by atomic mass is 19.1. The molecule has 7 heteroatoms. The molecule has 0 unspecified atom stereocenters. The van der Waals surface area contributed by atoms with Gasteiger partial charge in [-0.25, -0.2) is 9.82 Å². The molecule has 5 rings (SSSR count). The van der Waals surface area contributed by atoms with Gasteiger partial charge in [-0.05, 0) is 56.0 Å². The van der Waals surface area contributed by atoms with E-state index in [0.717, 1.165) is 35.3 Å². The molecular weight excluding hydrogens is 359 g/mol. The van der Waals surface area contributed by atoms with Crippen LogP contribution in [0.4, 0.5) is 15.8 Å². The second-order valence-electron chi connectivity index (χ2n) is 7.48. The molecule has 144 valence electrons. The monoisotopic (exact) mass is 380 g/mol. The first-order chi connectivity index (χ1) is 13.6. The smallest absolute Gasteiger partial charge is 0.262 e. The number of anilines is 2. The molecule has 2 N–H and O–H groups in total. The van der Waals surface area contributed by atoms with Crippen molar-refractivity contribution < 1.29 is 13.9 Å². The van der Waals surface area contributed by atoms with Gasteiger partial charge in [0.15, 0.2) is 5.84 Å². The van der Waals surface area contributed by atoms with E-state index in [1.165, 1.54) is 18.6 Å². The van der Waals surface area contributed by atoms with Crippen LogP contribution >= 0.6 is 0 Å². The lowest BCUT2D eigenvalue weighted by Crippen LogP contribution is -2.55. The predicted octanol–water partition coefficient (Wildman–Crippen LogP) is 3.49. The second-order valence-corrected chi connectivity index (χ2v) is 7.48. The van der Waals surface area contributed by atoms with Gasteiger partial charge < -0.3 is 15.0 Å². The molecule has 0 saturated heterocycles. The third-order valence-electron chi connectivity index (χ3n) is 5.68. The minimum absolute atomic E-state index is 0.146. The highest BCUT2D eigenvalue weighted by molar-refractivity contribution is 6.10. The molecule has 0 aromatic heterocycles. The molecule has 2 aromatic carbocycles. The van der Waals surface area contributed by atoms with Crippen LogP contribution in [-0.4, -0.2) is 30.4 Å². The van der Waals surface area contributed by atoms with Crippen molar-refractivity contribution >= 4 is 23.1 Å². The number of hydrazone groups is 1. The molecule has 1 atom stereocenters. The summed E-state index contributed by atoms with van der Waals surface area (Å²) in [4.78, 5) is 14.1. The molecular formula is C21H21FN4O2. The number of rotatable bonds is 3. The van der Waals surface area contributed by atoms with Crippen LogP contribution in [0.3, 0.4) is 0 Å². The quantitative estimate of drug-likeness (QED) is 0.856. The number of carbonyl (C=O) groups excluding carboxylic acids is 1. The maximum absolute atomic E-state index is 13.4. The Morgan fingerprint density at radius 1 is 1.25 bits per heavy atom. The van der Waals surface area contributed by atoms with Crippen LogP contribution in [0.25, 0.3) is 11.1 Å². The summed E-state index contributed by atoms with van der Waals surface area (Å²) in [7, 11) is 0. The van der Waals surface area contributed by atoms with Crippen LogP contribution in [0, 0.1) is 5.82 Å². The average Bonchev–Trinajstić information content (AvgIpc) is 2.67. The van der Waals surface area contributed by atoms with Gasteiger partial charge in [0.1, 0.15) is 24.2 Å². The van der Waals surface area contributed by atoms with Gasteiger partial charge in [0.05, 0.1) is 5.69 Å². The van der Waals surface area contributed by atoms with Gasteiger partial charge in [-0.2, -0.15) is 5.10 Å². The molecule has 1 amide bonds. The minimum Gasteiger partial charge on any atom is -0.483 e. The maximum Gasteiger partial charge on any atom is 0.262 e. The normalized spacial score (nSPS) is 20.9. The van der Waals surface area contributed by atoms with Crippen molar-refractivity contribution in [2.24, 2.45) is 5.10 Å². The molecule has 28 heavy (non-hydrogen) atoms. The molecule has 2 heterocycles. The Hall–Kier alpha value is -3.09. The summed E-state index contributed by atoms with van der Waals surface area (Å²) >= 11 is 0. The minimum atomic E-state index is -0.372. The Bertz CT molecular complexity index is 969. The van der Waals surface area contributed by atoms with E-state index in [-0.39, 0.29) is 24.4 Å². The highest BCUT2D eigenvalue weighted by Crippen LogP contribution is 2.43. The average molecular weight is 380 g/mol. The Morgan fingerprint density at radius 2 is 2.04 bits per heavy atom. The van der Waals surface area contributed by atoms with Crippen molar-refractivity contribution in [3.63, 3.8) is 0 Å². The van der Waals surface area contributed by atoms with Crippen LogP contribution in [0.1, 0.15) is 26.2 Å². The number of amidine groups is 1. The van der Waals surface area contributed by atoms with Crippen LogP contribution in [0.2, 0.25) is 0 Å². The third-order valence-corrected chi connectivity index (χ3v) is 5.68. The summed E-state index contributed by atoms with van der Waals surface area (Å²) in [5.41, 5.74) is 6.20. The van der Waals surface area contributed by atoms with Crippen molar-refractivity contribution in [3.05, 3.63) is 42.2 Å². The van der Waals surface area contributed by atoms with E-state index in [0.29, 0.717) is 17.6 Å². The van der Waals surface area contributed by atoms with E-state index in [1.807, 2.05) is 24.0 Å². The number of halogens is 1. The zero-order valence-corrected chi connectivity index (χ0v) is 15.5. The first-order valence-electron chi connectivity index (χ1n) is 9.59. The second kappa shape index (κ2) is 6.51. The van der Waals surface area contributed by atoms with E-state index >= 15 is 0 Å². The number of fused-ring (bicyclic) bond motifs is 3. The van der Waals surface area contributed by atoms with Gasteiger partial charge in [0.25, 0.3) is 5.91 Å². The van der Waals surface area contributed by atoms with E-state index in [4.69, 9.17) is 4.74 Å². The van der Waals surface area contributed by atoms with Gasteiger partial charge >= 0.3 is 0 Å². The zero-order chi connectivity index (χ0) is 19.3. The van der Waals surface area contributed by atoms with E-state index in [9.17, 15) is 9.18 Å². The summed E-state index contributed by atoms with van der Waals surface area (Å²) in [6.07, 6.45) is 3.48. The molecule has 2 aromatic rings. The fraction of sp³-hybridized carbons (Fsp3) is 0.333. The summed E-state index contributed by atoms with van der Waals surface area (Å²) in [6, 6.07) is 10.5. The number of nitrogens with zero attached hydrogens (tertiary/aromatic N) is 2. The van der Waals surface area contributed by atoms with Crippen molar-refractivity contribution in [2.75, 3.05) is 16.8 Å². The van der Waals surface area contributed by atoms with Crippen LogP contribution in [0.5, 0.6) is 5.75 Å². The predicted molar refractivity (Wildman–Crippen MR) is 106 cm³/mol. The molecule has 0 bridgehead atoms. The maximum atomic E-state index is 13.4. The number of carbonyl (C=O) groups is 1. The number of benzene rings is 2. The number of amides is 1. The summed E-state index contributed by atoms with van der Waals surface area (Å²) in [5.74, 6) is 0.968. The molecule has 0 radical (unpaired) electrons.